The molecule has 0 aromatic carbocycles. The lowest BCUT2D eigenvalue weighted by atomic mass is 9.95. The van der Waals surface area contributed by atoms with Crippen molar-refractivity contribution in [3.63, 3.8) is 0 Å². The van der Waals surface area contributed by atoms with Crippen LogP contribution in [0.15, 0.2) is 0 Å². The summed E-state index contributed by atoms with van der Waals surface area (Å²) in [6.45, 7) is 9.24. The second-order valence-electron chi connectivity index (χ2n) is 4.79. The highest BCUT2D eigenvalue weighted by Crippen LogP contribution is 2.21. The molecule has 0 aromatic rings. The van der Waals surface area contributed by atoms with Gasteiger partial charge in [-0.05, 0) is 39.5 Å². The molecule has 2 atom stereocenters. The number of rotatable bonds is 1. The highest BCUT2D eigenvalue weighted by atomic mass is 16.2. The Balaban J connectivity index is 2.51. The third kappa shape index (κ3) is 2.89. The summed E-state index contributed by atoms with van der Waals surface area (Å²) in [5.74, 6) is 0.643. The van der Waals surface area contributed by atoms with Gasteiger partial charge in [0.2, 0.25) is 0 Å². The van der Waals surface area contributed by atoms with E-state index in [0.29, 0.717) is 12.0 Å². The van der Waals surface area contributed by atoms with Gasteiger partial charge in [0, 0.05) is 18.6 Å². The second kappa shape index (κ2) is 4.67. The first-order valence-corrected chi connectivity index (χ1v) is 5.57. The summed E-state index contributed by atoms with van der Waals surface area (Å²) in [5.41, 5.74) is 0. The van der Waals surface area contributed by atoms with Gasteiger partial charge in [-0.15, -0.1) is 0 Å². The number of carbonyl (C=O) groups excluding carboxylic acids is 1. The molecule has 3 heteroatoms. The molecule has 1 saturated heterocycles. The van der Waals surface area contributed by atoms with Crippen molar-refractivity contribution in [3.05, 3.63) is 0 Å². The van der Waals surface area contributed by atoms with Crippen molar-refractivity contribution in [2.24, 2.45) is 5.92 Å². The third-order valence-corrected chi connectivity index (χ3v) is 2.79. The molecule has 2 unspecified atom stereocenters. The number of hydrogen-bond donors (Lipinski definition) is 1. The predicted octanol–water partition coefficient (Wildman–Crippen LogP) is 2.22. The van der Waals surface area contributed by atoms with E-state index in [4.69, 9.17) is 0 Å². The van der Waals surface area contributed by atoms with E-state index in [1.165, 1.54) is 6.42 Å². The average Bonchev–Trinajstić information content (AvgIpc) is 2.08. The van der Waals surface area contributed by atoms with E-state index in [1.807, 2.05) is 18.7 Å². The number of nitrogens with one attached hydrogen (secondary N) is 1. The molecule has 2 amide bonds. The summed E-state index contributed by atoms with van der Waals surface area (Å²) in [4.78, 5) is 13.7. The lowest BCUT2D eigenvalue weighted by molar-refractivity contribution is 0.135. The average molecular weight is 198 g/mol. The van der Waals surface area contributed by atoms with Gasteiger partial charge in [0.1, 0.15) is 0 Å². The summed E-state index contributed by atoms with van der Waals surface area (Å²) in [6.07, 6.45) is 2.37. The number of carbonyl (C=O) groups is 1. The molecule has 1 rings (SSSR count). The molecule has 82 valence electrons. The van der Waals surface area contributed by atoms with Gasteiger partial charge in [-0.3, -0.25) is 0 Å². The Morgan fingerprint density at radius 2 is 2.00 bits per heavy atom. The smallest absolute Gasteiger partial charge is 0.317 e. The first kappa shape index (κ1) is 11.3. The van der Waals surface area contributed by atoms with Gasteiger partial charge in [-0.2, -0.15) is 0 Å². The van der Waals surface area contributed by atoms with Crippen LogP contribution in [0.25, 0.3) is 0 Å². The second-order valence-corrected chi connectivity index (χ2v) is 4.79. The molecule has 1 fully saturated rings. The minimum atomic E-state index is 0.0963. The molecular formula is C11H22N2O. The van der Waals surface area contributed by atoms with Gasteiger partial charge in [-0.1, -0.05) is 6.92 Å². The number of urea groups is 1. The van der Waals surface area contributed by atoms with Gasteiger partial charge >= 0.3 is 6.03 Å². The quantitative estimate of drug-likeness (QED) is 0.688. The minimum Gasteiger partial charge on any atom is -0.336 e. The van der Waals surface area contributed by atoms with Gasteiger partial charge in [0.25, 0.3) is 0 Å². The van der Waals surface area contributed by atoms with Crippen LogP contribution in [0.1, 0.15) is 40.5 Å². The summed E-state index contributed by atoms with van der Waals surface area (Å²) in [5, 5.41) is 2.95. The third-order valence-electron chi connectivity index (χ3n) is 2.79. The molecule has 3 nitrogen and oxygen atoms in total. The zero-order chi connectivity index (χ0) is 10.7. The molecule has 1 N–H and O–H groups in total. The standard InChI is InChI=1S/C11H22N2O/c1-8(2)12-11(14)13-7-9(3)5-6-10(13)4/h8-10H,5-7H2,1-4H3,(H,12,14). The first-order chi connectivity index (χ1) is 6.50. The number of likely N-dealkylation sites (tertiary alicyclic amines) is 1. The summed E-state index contributed by atoms with van der Waals surface area (Å²) >= 11 is 0. The molecule has 14 heavy (non-hydrogen) atoms. The van der Waals surface area contributed by atoms with E-state index in [9.17, 15) is 4.79 Å². The SMILES string of the molecule is CC1CCC(C)N(C(=O)NC(C)C)C1. The molecule has 1 aliphatic rings. The summed E-state index contributed by atoms with van der Waals surface area (Å²) in [6, 6.07) is 0.718. The number of hydrogen-bond acceptors (Lipinski definition) is 1. The summed E-state index contributed by atoms with van der Waals surface area (Å²) in [7, 11) is 0. The van der Waals surface area contributed by atoms with Crippen molar-refractivity contribution in [3.8, 4) is 0 Å². The Kier molecular flexibility index (Phi) is 3.78. The van der Waals surface area contributed by atoms with E-state index < -0.39 is 0 Å². The molecule has 0 aromatic heterocycles. The van der Waals surface area contributed by atoms with Crippen molar-refractivity contribution in [2.45, 2.75) is 52.6 Å². The molecule has 0 aliphatic carbocycles. The fraction of sp³-hybridized carbons (Fsp3) is 0.909. The van der Waals surface area contributed by atoms with E-state index in [-0.39, 0.29) is 12.1 Å². The van der Waals surface area contributed by atoms with Crippen LogP contribution in [0, 0.1) is 5.92 Å². The Hall–Kier alpha value is -0.730. The first-order valence-electron chi connectivity index (χ1n) is 5.57. The fourth-order valence-corrected chi connectivity index (χ4v) is 1.90. The maximum Gasteiger partial charge on any atom is 0.317 e. The van der Waals surface area contributed by atoms with Crippen LogP contribution in [0.3, 0.4) is 0 Å². The normalized spacial score (nSPS) is 27.9. The summed E-state index contributed by atoms with van der Waals surface area (Å²) < 4.78 is 0. The fourth-order valence-electron chi connectivity index (χ4n) is 1.90. The Morgan fingerprint density at radius 1 is 1.36 bits per heavy atom. The van der Waals surface area contributed by atoms with E-state index in [2.05, 4.69) is 19.2 Å². The number of amides is 2. The lowest BCUT2D eigenvalue weighted by Crippen LogP contribution is -2.51. The molecular weight excluding hydrogens is 176 g/mol. The zero-order valence-corrected chi connectivity index (χ0v) is 9.71. The van der Waals surface area contributed by atoms with E-state index in [0.717, 1.165) is 13.0 Å². The van der Waals surface area contributed by atoms with Crippen molar-refractivity contribution in [1.29, 1.82) is 0 Å². The largest absolute Gasteiger partial charge is 0.336 e. The predicted molar refractivity (Wildman–Crippen MR) is 58.2 cm³/mol. The van der Waals surface area contributed by atoms with Gasteiger partial charge < -0.3 is 10.2 Å². The molecule has 0 saturated carbocycles. The van der Waals surface area contributed by atoms with Crippen LogP contribution in [-0.4, -0.2) is 29.6 Å². The van der Waals surface area contributed by atoms with Crippen LogP contribution in [0.5, 0.6) is 0 Å². The zero-order valence-electron chi connectivity index (χ0n) is 9.71. The number of piperidine rings is 1. The topological polar surface area (TPSA) is 32.3 Å². The van der Waals surface area contributed by atoms with E-state index in [1.54, 1.807) is 0 Å². The van der Waals surface area contributed by atoms with Crippen molar-refractivity contribution in [1.82, 2.24) is 10.2 Å². The Labute approximate surface area is 86.9 Å². The monoisotopic (exact) mass is 198 g/mol. The van der Waals surface area contributed by atoms with Crippen LogP contribution < -0.4 is 5.32 Å². The van der Waals surface area contributed by atoms with Gasteiger partial charge in [0.05, 0.1) is 0 Å². The lowest BCUT2D eigenvalue weighted by Gasteiger charge is -2.37. The molecule has 1 aliphatic heterocycles. The van der Waals surface area contributed by atoms with Crippen LogP contribution >= 0.6 is 0 Å². The highest BCUT2D eigenvalue weighted by molar-refractivity contribution is 5.74. The van der Waals surface area contributed by atoms with Gasteiger partial charge in [0.15, 0.2) is 0 Å². The van der Waals surface area contributed by atoms with Gasteiger partial charge in [-0.25, -0.2) is 4.79 Å². The molecule has 1 heterocycles. The Morgan fingerprint density at radius 3 is 2.57 bits per heavy atom. The highest BCUT2D eigenvalue weighted by Gasteiger charge is 2.26. The molecule has 0 bridgehead atoms. The Bertz CT molecular complexity index is 203. The minimum absolute atomic E-state index is 0.0963. The van der Waals surface area contributed by atoms with Crippen molar-refractivity contribution in [2.75, 3.05) is 6.54 Å². The maximum absolute atomic E-state index is 11.8. The van der Waals surface area contributed by atoms with Crippen molar-refractivity contribution >= 4 is 6.03 Å². The van der Waals surface area contributed by atoms with Crippen LogP contribution in [-0.2, 0) is 0 Å². The number of nitrogens with zero attached hydrogens (tertiary/aromatic N) is 1. The molecule has 0 spiro atoms. The van der Waals surface area contributed by atoms with E-state index >= 15 is 0 Å². The maximum atomic E-state index is 11.8. The van der Waals surface area contributed by atoms with Crippen LogP contribution in [0.2, 0.25) is 0 Å². The van der Waals surface area contributed by atoms with Crippen LogP contribution in [0.4, 0.5) is 4.79 Å². The molecule has 0 radical (unpaired) electrons. The van der Waals surface area contributed by atoms with Crippen molar-refractivity contribution < 1.29 is 4.79 Å².